The molecule has 2 N–H and O–H groups in total. The SMILES string of the molecule is Cc1cc(Cl)ccc1OCC(=O)NNC(=O)C(C)Oc1ccccc1. The number of para-hydroxylation sites is 1. The zero-order valence-electron chi connectivity index (χ0n) is 13.9. The lowest BCUT2D eigenvalue weighted by Gasteiger charge is -2.15. The van der Waals surface area contributed by atoms with Crippen LogP contribution in [0.25, 0.3) is 0 Å². The molecule has 132 valence electrons. The van der Waals surface area contributed by atoms with Gasteiger partial charge in [0.25, 0.3) is 11.8 Å². The highest BCUT2D eigenvalue weighted by Gasteiger charge is 2.15. The number of benzene rings is 2. The summed E-state index contributed by atoms with van der Waals surface area (Å²) in [5.74, 6) is 0.152. The molecule has 0 fully saturated rings. The first-order chi connectivity index (χ1) is 12.0. The molecule has 7 heteroatoms. The first kappa shape index (κ1) is 18.6. The van der Waals surface area contributed by atoms with Gasteiger partial charge < -0.3 is 9.47 Å². The monoisotopic (exact) mass is 362 g/mol. The zero-order chi connectivity index (χ0) is 18.2. The molecule has 1 atom stereocenters. The minimum atomic E-state index is -0.762. The summed E-state index contributed by atoms with van der Waals surface area (Å²) < 4.78 is 10.8. The highest BCUT2D eigenvalue weighted by Crippen LogP contribution is 2.21. The van der Waals surface area contributed by atoms with Crippen molar-refractivity contribution in [2.24, 2.45) is 0 Å². The van der Waals surface area contributed by atoms with E-state index in [1.165, 1.54) is 0 Å². The number of carbonyl (C=O) groups excluding carboxylic acids is 2. The molecular formula is C18H19ClN2O4. The van der Waals surface area contributed by atoms with E-state index in [1.807, 2.05) is 13.0 Å². The Morgan fingerprint density at radius 1 is 1.12 bits per heavy atom. The number of rotatable bonds is 6. The molecule has 0 heterocycles. The molecule has 0 saturated carbocycles. The molecule has 0 radical (unpaired) electrons. The molecule has 0 aliphatic heterocycles. The number of nitrogens with one attached hydrogen (secondary N) is 2. The minimum absolute atomic E-state index is 0.239. The summed E-state index contributed by atoms with van der Waals surface area (Å²) in [5, 5.41) is 0.592. The van der Waals surface area contributed by atoms with Crippen molar-refractivity contribution in [3.8, 4) is 11.5 Å². The summed E-state index contributed by atoms with van der Waals surface area (Å²) in [6, 6.07) is 14.0. The van der Waals surface area contributed by atoms with Crippen LogP contribution in [0.5, 0.6) is 11.5 Å². The number of carbonyl (C=O) groups is 2. The van der Waals surface area contributed by atoms with Gasteiger partial charge in [0, 0.05) is 5.02 Å². The lowest BCUT2D eigenvalue weighted by Crippen LogP contribution is -2.48. The lowest BCUT2D eigenvalue weighted by atomic mass is 10.2. The van der Waals surface area contributed by atoms with Gasteiger partial charge in [-0.3, -0.25) is 20.4 Å². The summed E-state index contributed by atoms with van der Waals surface area (Å²) in [5.41, 5.74) is 5.39. The Bertz CT molecular complexity index is 737. The number of amides is 2. The number of aryl methyl sites for hydroxylation is 1. The Morgan fingerprint density at radius 2 is 1.84 bits per heavy atom. The first-order valence-corrected chi connectivity index (χ1v) is 8.03. The van der Waals surface area contributed by atoms with E-state index in [9.17, 15) is 9.59 Å². The van der Waals surface area contributed by atoms with Gasteiger partial charge in [-0.05, 0) is 49.7 Å². The van der Waals surface area contributed by atoms with Crippen molar-refractivity contribution < 1.29 is 19.1 Å². The molecular weight excluding hydrogens is 344 g/mol. The van der Waals surface area contributed by atoms with E-state index in [0.717, 1.165) is 5.56 Å². The van der Waals surface area contributed by atoms with Crippen LogP contribution in [0.3, 0.4) is 0 Å². The quantitative estimate of drug-likeness (QED) is 0.774. The van der Waals surface area contributed by atoms with Crippen LogP contribution in [0.15, 0.2) is 48.5 Å². The number of hydrogen-bond acceptors (Lipinski definition) is 4. The normalized spacial score (nSPS) is 11.3. The Labute approximate surface area is 151 Å². The molecule has 2 aromatic carbocycles. The molecule has 2 amide bonds. The Balaban J connectivity index is 1.74. The average Bonchev–Trinajstić information content (AvgIpc) is 2.59. The van der Waals surface area contributed by atoms with Crippen LogP contribution in [-0.2, 0) is 9.59 Å². The highest BCUT2D eigenvalue weighted by molar-refractivity contribution is 6.30. The fourth-order valence-electron chi connectivity index (χ4n) is 1.94. The third-order valence-corrected chi connectivity index (χ3v) is 3.48. The molecule has 2 aromatic rings. The Morgan fingerprint density at radius 3 is 2.52 bits per heavy atom. The van der Waals surface area contributed by atoms with Gasteiger partial charge in [0.15, 0.2) is 12.7 Å². The summed E-state index contributed by atoms with van der Waals surface area (Å²) in [6.45, 7) is 3.17. The maximum Gasteiger partial charge on any atom is 0.279 e. The second-order valence-corrected chi connectivity index (χ2v) is 5.75. The molecule has 0 aromatic heterocycles. The Hall–Kier alpha value is -2.73. The van der Waals surface area contributed by atoms with Crippen LogP contribution in [-0.4, -0.2) is 24.5 Å². The van der Waals surface area contributed by atoms with Gasteiger partial charge in [-0.1, -0.05) is 29.8 Å². The second kappa shape index (κ2) is 8.94. The summed E-state index contributed by atoms with van der Waals surface area (Å²) in [7, 11) is 0. The van der Waals surface area contributed by atoms with Gasteiger partial charge >= 0.3 is 0 Å². The molecule has 0 spiro atoms. The smallest absolute Gasteiger partial charge is 0.279 e. The Kier molecular flexibility index (Phi) is 6.65. The van der Waals surface area contributed by atoms with Crippen LogP contribution in [0.1, 0.15) is 12.5 Å². The average molecular weight is 363 g/mol. The topological polar surface area (TPSA) is 76.7 Å². The molecule has 25 heavy (non-hydrogen) atoms. The van der Waals surface area contributed by atoms with E-state index in [-0.39, 0.29) is 6.61 Å². The molecule has 0 saturated heterocycles. The van der Waals surface area contributed by atoms with Crippen LogP contribution in [0, 0.1) is 6.92 Å². The summed E-state index contributed by atoms with van der Waals surface area (Å²) in [4.78, 5) is 23.7. The molecule has 0 aliphatic carbocycles. The van der Waals surface area contributed by atoms with E-state index in [2.05, 4.69) is 10.9 Å². The van der Waals surface area contributed by atoms with Crippen LogP contribution in [0.2, 0.25) is 5.02 Å². The molecule has 2 rings (SSSR count). The summed E-state index contributed by atoms with van der Waals surface area (Å²) >= 11 is 5.86. The van der Waals surface area contributed by atoms with E-state index >= 15 is 0 Å². The van der Waals surface area contributed by atoms with Crippen LogP contribution < -0.4 is 20.3 Å². The van der Waals surface area contributed by atoms with Crippen molar-refractivity contribution in [1.29, 1.82) is 0 Å². The largest absolute Gasteiger partial charge is 0.483 e. The molecule has 0 bridgehead atoms. The highest BCUT2D eigenvalue weighted by atomic mass is 35.5. The van der Waals surface area contributed by atoms with Crippen molar-refractivity contribution in [2.75, 3.05) is 6.61 Å². The van der Waals surface area contributed by atoms with Crippen molar-refractivity contribution in [3.05, 3.63) is 59.1 Å². The number of hydrogen-bond donors (Lipinski definition) is 2. The fraction of sp³-hybridized carbons (Fsp3) is 0.222. The second-order valence-electron chi connectivity index (χ2n) is 5.31. The molecule has 6 nitrogen and oxygen atoms in total. The minimum Gasteiger partial charge on any atom is -0.483 e. The third-order valence-electron chi connectivity index (χ3n) is 3.25. The van der Waals surface area contributed by atoms with Gasteiger partial charge in [-0.25, -0.2) is 0 Å². The lowest BCUT2D eigenvalue weighted by molar-refractivity contribution is -0.133. The molecule has 0 aliphatic rings. The maximum atomic E-state index is 11.9. The van der Waals surface area contributed by atoms with Gasteiger partial charge in [-0.2, -0.15) is 0 Å². The van der Waals surface area contributed by atoms with Crippen LogP contribution in [0.4, 0.5) is 0 Å². The van der Waals surface area contributed by atoms with Crippen molar-refractivity contribution in [3.63, 3.8) is 0 Å². The van der Waals surface area contributed by atoms with Crippen LogP contribution >= 0.6 is 11.6 Å². The maximum absolute atomic E-state index is 11.9. The predicted molar refractivity (Wildman–Crippen MR) is 94.5 cm³/mol. The van der Waals surface area contributed by atoms with Crippen molar-refractivity contribution >= 4 is 23.4 Å². The molecule has 1 unspecified atom stereocenters. The van der Waals surface area contributed by atoms with Crippen molar-refractivity contribution in [2.45, 2.75) is 20.0 Å². The third kappa shape index (κ3) is 6.00. The van der Waals surface area contributed by atoms with E-state index in [0.29, 0.717) is 16.5 Å². The van der Waals surface area contributed by atoms with E-state index in [4.69, 9.17) is 21.1 Å². The number of ether oxygens (including phenoxy) is 2. The first-order valence-electron chi connectivity index (χ1n) is 7.65. The van der Waals surface area contributed by atoms with Gasteiger partial charge in [0.2, 0.25) is 0 Å². The van der Waals surface area contributed by atoms with Gasteiger partial charge in [0.1, 0.15) is 11.5 Å². The van der Waals surface area contributed by atoms with E-state index < -0.39 is 17.9 Å². The predicted octanol–water partition coefficient (Wildman–Crippen LogP) is 2.64. The van der Waals surface area contributed by atoms with E-state index in [1.54, 1.807) is 49.4 Å². The standard InChI is InChI=1S/C18H19ClN2O4/c1-12-10-14(19)8-9-16(12)24-11-17(22)20-21-18(23)13(2)25-15-6-4-3-5-7-15/h3-10,13H,11H2,1-2H3,(H,20,22)(H,21,23). The number of halogens is 1. The fourth-order valence-corrected chi connectivity index (χ4v) is 2.17. The van der Waals surface area contributed by atoms with Gasteiger partial charge in [0.05, 0.1) is 0 Å². The van der Waals surface area contributed by atoms with Crippen molar-refractivity contribution in [1.82, 2.24) is 10.9 Å². The van der Waals surface area contributed by atoms with Gasteiger partial charge in [-0.15, -0.1) is 0 Å². The zero-order valence-corrected chi connectivity index (χ0v) is 14.7. The summed E-state index contributed by atoms with van der Waals surface area (Å²) in [6.07, 6.45) is -0.762. The number of hydrazine groups is 1.